The van der Waals surface area contributed by atoms with Gasteiger partial charge >= 0.3 is 0 Å². The van der Waals surface area contributed by atoms with Crippen molar-refractivity contribution >= 4 is 21.8 Å². The minimum Gasteiger partial charge on any atom is -0.326 e. The molecule has 1 aromatic carbocycles. The standard InChI is InChI=1S/C10H8BrF2NO/c11-8-4-2-1-3-7(8)9(15)14-5-10(12,13)6-14/h1-4H,5-6H2. The van der Waals surface area contributed by atoms with Crippen molar-refractivity contribution in [2.45, 2.75) is 5.92 Å². The Kier molecular flexibility index (Phi) is 2.50. The highest BCUT2D eigenvalue weighted by Gasteiger charge is 2.46. The molecule has 0 radical (unpaired) electrons. The van der Waals surface area contributed by atoms with Crippen LogP contribution in [-0.4, -0.2) is 29.8 Å². The van der Waals surface area contributed by atoms with Crippen LogP contribution in [0.15, 0.2) is 28.7 Å². The summed E-state index contributed by atoms with van der Waals surface area (Å²) < 4.78 is 25.7. The molecule has 0 aliphatic carbocycles. The first-order valence-corrected chi connectivity index (χ1v) is 5.20. The van der Waals surface area contributed by atoms with E-state index in [4.69, 9.17) is 0 Å². The van der Waals surface area contributed by atoms with Crippen molar-refractivity contribution in [2.75, 3.05) is 13.1 Å². The van der Waals surface area contributed by atoms with E-state index in [1.165, 1.54) is 0 Å². The zero-order valence-electron chi connectivity index (χ0n) is 7.71. The Morgan fingerprint density at radius 3 is 2.47 bits per heavy atom. The van der Waals surface area contributed by atoms with Crippen molar-refractivity contribution in [1.82, 2.24) is 4.90 Å². The van der Waals surface area contributed by atoms with Crippen molar-refractivity contribution in [2.24, 2.45) is 0 Å². The maximum absolute atomic E-state index is 12.6. The molecule has 0 atom stereocenters. The maximum Gasteiger partial charge on any atom is 0.282 e. The average Bonchev–Trinajstić information content (AvgIpc) is 2.14. The Morgan fingerprint density at radius 1 is 1.33 bits per heavy atom. The number of carbonyl (C=O) groups excluding carboxylic acids is 1. The van der Waals surface area contributed by atoms with E-state index in [1.54, 1.807) is 24.3 Å². The summed E-state index contributed by atoms with van der Waals surface area (Å²) in [6.45, 7) is -0.958. The summed E-state index contributed by atoms with van der Waals surface area (Å²) in [4.78, 5) is 12.8. The zero-order chi connectivity index (χ0) is 11.1. The van der Waals surface area contributed by atoms with Gasteiger partial charge in [0.1, 0.15) is 0 Å². The van der Waals surface area contributed by atoms with Gasteiger partial charge in [-0.15, -0.1) is 0 Å². The molecule has 0 bridgehead atoms. The fourth-order valence-corrected chi connectivity index (χ4v) is 1.92. The molecule has 2 rings (SSSR count). The average molecular weight is 276 g/mol. The first-order chi connectivity index (χ1) is 6.99. The summed E-state index contributed by atoms with van der Waals surface area (Å²) in [5, 5.41) is 0. The van der Waals surface area contributed by atoms with E-state index in [9.17, 15) is 13.6 Å². The van der Waals surface area contributed by atoms with Gasteiger partial charge in [-0.05, 0) is 28.1 Å². The monoisotopic (exact) mass is 275 g/mol. The molecule has 15 heavy (non-hydrogen) atoms. The molecular weight excluding hydrogens is 268 g/mol. The highest BCUT2D eigenvalue weighted by Crippen LogP contribution is 2.29. The van der Waals surface area contributed by atoms with Crippen LogP contribution >= 0.6 is 15.9 Å². The van der Waals surface area contributed by atoms with Crippen molar-refractivity contribution in [3.63, 3.8) is 0 Å². The Labute approximate surface area is 94.0 Å². The van der Waals surface area contributed by atoms with Crippen LogP contribution in [0.3, 0.4) is 0 Å². The number of alkyl halides is 2. The third kappa shape index (κ3) is 2.02. The summed E-state index contributed by atoms with van der Waals surface area (Å²) in [5.74, 6) is -3.06. The lowest BCUT2D eigenvalue weighted by Crippen LogP contribution is -2.58. The molecule has 1 heterocycles. The molecule has 1 amide bonds. The first-order valence-electron chi connectivity index (χ1n) is 4.41. The fraction of sp³-hybridized carbons (Fsp3) is 0.300. The van der Waals surface area contributed by atoms with Crippen LogP contribution in [0.1, 0.15) is 10.4 Å². The third-order valence-corrected chi connectivity index (χ3v) is 2.93. The topological polar surface area (TPSA) is 20.3 Å². The lowest BCUT2D eigenvalue weighted by Gasteiger charge is -2.38. The van der Waals surface area contributed by atoms with Gasteiger partial charge in [-0.2, -0.15) is 0 Å². The van der Waals surface area contributed by atoms with Crippen LogP contribution in [0.5, 0.6) is 0 Å². The predicted molar refractivity (Wildman–Crippen MR) is 55.0 cm³/mol. The van der Waals surface area contributed by atoms with E-state index < -0.39 is 19.0 Å². The molecule has 1 aliphatic heterocycles. The van der Waals surface area contributed by atoms with Crippen LogP contribution in [-0.2, 0) is 0 Å². The molecule has 0 spiro atoms. The molecule has 0 saturated carbocycles. The number of rotatable bonds is 1. The molecular formula is C10H8BrF2NO. The van der Waals surface area contributed by atoms with Gasteiger partial charge in [0.25, 0.3) is 11.8 Å². The van der Waals surface area contributed by atoms with Gasteiger partial charge < -0.3 is 4.90 Å². The smallest absolute Gasteiger partial charge is 0.282 e. The number of carbonyl (C=O) groups is 1. The largest absolute Gasteiger partial charge is 0.326 e. The first kappa shape index (κ1) is 10.5. The number of hydrogen-bond acceptors (Lipinski definition) is 1. The Balaban J connectivity index is 2.14. The molecule has 0 aromatic heterocycles. The highest BCUT2D eigenvalue weighted by atomic mass is 79.9. The lowest BCUT2D eigenvalue weighted by molar-refractivity contribution is -0.113. The Bertz CT molecular complexity index is 400. The maximum atomic E-state index is 12.6. The third-order valence-electron chi connectivity index (χ3n) is 2.24. The SMILES string of the molecule is O=C(c1ccccc1Br)N1CC(F)(F)C1. The van der Waals surface area contributed by atoms with Gasteiger partial charge in [-0.1, -0.05) is 12.1 Å². The van der Waals surface area contributed by atoms with Gasteiger partial charge in [0.05, 0.1) is 18.7 Å². The molecule has 0 N–H and O–H groups in total. The van der Waals surface area contributed by atoms with Crippen molar-refractivity contribution in [1.29, 1.82) is 0 Å². The molecule has 1 fully saturated rings. The molecule has 0 unspecified atom stereocenters. The van der Waals surface area contributed by atoms with Gasteiger partial charge in [0, 0.05) is 4.47 Å². The van der Waals surface area contributed by atoms with Gasteiger partial charge in [0.2, 0.25) is 0 Å². The summed E-state index contributed by atoms with van der Waals surface area (Å²) in [5.41, 5.74) is 0.424. The number of hydrogen-bond donors (Lipinski definition) is 0. The van der Waals surface area contributed by atoms with E-state index in [-0.39, 0.29) is 5.91 Å². The summed E-state index contributed by atoms with van der Waals surface area (Å²) >= 11 is 3.21. The number of likely N-dealkylation sites (tertiary alicyclic amines) is 1. The van der Waals surface area contributed by atoms with Crippen LogP contribution in [0.25, 0.3) is 0 Å². The van der Waals surface area contributed by atoms with Crippen LogP contribution < -0.4 is 0 Å². The van der Waals surface area contributed by atoms with Crippen LogP contribution in [0, 0.1) is 0 Å². The van der Waals surface area contributed by atoms with E-state index in [0.717, 1.165) is 4.90 Å². The van der Waals surface area contributed by atoms with E-state index in [0.29, 0.717) is 10.0 Å². The summed E-state index contributed by atoms with van der Waals surface area (Å²) in [7, 11) is 0. The molecule has 1 aliphatic rings. The van der Waals surface area contributed by atoms with Gasteiger partial charge in [-0.25, -0.2) is 8.78 Å². The lowest BCUT2D eigenvalue weighted by atomic mass is 10.1. The van der Waals surface area contributed by atoms with Crippen LogP contribution in [0.2, 0.25) is 0 Å². The van der Waals surface area contributed by atoms with E-state index in [1.807, 2.05) is 0 Å². The van der Waals surface area contributed by atoms with E-state index >= 15 is 0 Å². The van der Waals surface area contributed by atoms with Crippen molar-refractivity contribution < 1.29 is 13.6 Å². The van der Waals surface area contributed by atoms with Crippen LogP contribution in [0.4, 0.5) is 8.78 Å². The fourth-order valence-electron chi connectivity index (χ4n) is 1.46. The second kappa shape index (κ2) is 3.56. The number of benzene rings is 1. The predicted octanol–water partition coefficient (Wildman–Crippen LogP) is 2.54. The van der Waals surface area contributed by atoms with Gasteiger partial charge in [0.15, 0.2) is 0 Å². The second-order valence-electron chi connectivity index (χ2n) is 3.50. The van der Waals surface area contributed by atoms with Crippen molar-refractivity contribution in [3.8, 4) is 0 Å². The number of nitrogens with zero attached hydrogens (tertiary/aromatic N) is 1. The number of halogens is 3. The minimum absolute atomic E-state index is 0.353. The summed E-state index contributed by atoms with van der Waals surface area (Å²) in [6, 6.07) is 6.80. The normalized spacial score (nSPS) is 18.5. The highest BCUT2D eigenvalue weighted by molar-refractivity contribution is 9.10. The summed E-state index contributed by atoms with van der Waals surface area (Å²) in [6.07, 6.45) is 0. The molecule has 80 valence electrons. The second-order valence-corrected chi connectivity index (χ2v) is 4.35. The molecule has 1 aromatic rings. The van der Waals surface area contributed by atoms with Crippen molar-refractivity contribution in [3.05, 3.63) is 34.3 Å². The zero-order valence-corrected chi connectivity index (χ0v) is 9.30. The Morgan fingerprint density at radius 2 is 1.93 bits per heavy atom. The van der Waals surface area contributed by atoms with E-state index in [2.05, 4.69) is 15.9 Å². The number of amides is 1. The molecule has 5 heteroatoms. The quantitative estimate of drug-likeness (QED) is 0.772. The Hall–Kier alpha value is -0.970. The molecule has 1 saturated heterocycles. The van der Waals surface area contributed by atoms with Gasteiger partial charge in [-0.3, -0.25) is 4.79 Å². The minimum atomic E-state index is -2.71. The molecule has 2 nitrogen and oxygen atoms in total.